The molecular weight excluding hydrogens is 298 g/mol. The smallest absolute Gasteiger partial charge is 0.265 e. The molecule has 1 amide bonds. The zero-order chi connectivity index (χ0) is 13.3. The number of aromatic nitrogens is 1. The molecule has 1 aromatic rings. The number of likely N-dealkylation sites (N-methyl/N-ethyl adjacent to an activating group) is 1. The number of anilines is 1. The van der Waals surface area contributed by atoms with Crippen LogP contribution in [0.15, 0.2) is 21.5 Å². The minimum Gasteiger partial charge on any atom is -0.398 e. The number of carbonyl (C=O) groups excluding carboxylic acids is 1. The van der Waals surface area contributed by atoms with Crippen molar-refractivity contribution in [3.8, 4) is 0 Å². The molecule has 2 N–H and O–H groups in total. The van der Waals surface area contributed by atoms with Crippen LogP contribution < -0.4 is 11.3 Å². The molecule has 0 atom stereocenters. The molecule has 1 saturated carbocycles. The average molecular weight is 314 g/mol. The predicted octanol–water partition coefficient (Wildman–Crippen LogP) is 1.20. The van der Waals surface area contributed by atoms with Gasteiger partial charge in [-0.3, -0.25) is 9.59 Å². The molecular formula is C12H16BrN3O2. The zero-order valence-corrected chi connectivity index (χ0v) is 11.8. The molecule has 2 rings (SSSR count). The van der Waals surface area contributed by atoms with Gasteiger partial charge in [-0.1, -0.05) is 0 Å². The molecule has 0 aliphatic heterocycles. The van der Waals surface area contributed by atoms with Crippen molar-refractivity contribution in [2.45, 2.75) is 32.4 Å². The summed E-state index contributed by atoms with van der Waals surface area (Å²) in [5.74, 6) is -0.0281. The van der Waals surface area contributed by atoms with Gasteiger partial charge in [-0.15, -0.1) is 0 Å². The number of halogens is 1. The summed E-state index contributed by atoms with van der Waals surface area (Å²) in [4.78, 5) is 25.8. The minimum absolute atomic E-state index is 0.0281. The summed E-state index contributed by atoms with van der Waals surface area (Å²) in [5.41, 5.74) is 5.90. The van der Waals surface area contributed by atoms with E-state index < -0.39 is 0 Å². The van der Waals surface area contributed by atoms with Crippen LogP contribution in [-0.2, 0) is 11.3 Å². The van der Waals surface area contributed by atoms with Crippen molar-refractivity contribution in [3.63, 3.8) is 0 Å². The van der Waals surface area contributed by atoms with Gasteiger partial charge >= 0.3 is 0 Å². The number of nitrogen functional groups attached to an aromatic ring is 1. The van der Waals surface area contributed by atoms with Crippen LogP contribution in [0.5, 0.6) is 0 Å². The molecule has 1 aliphatic rings. The fourth-order valence-electron chi connectivity index (χ4n) is 2.00. The molecule has 0 aromatic carbocycles. The normalized spacial score (nSPS) is 14.6. The zero-order valence-electron chi connectivity index (χ0n) is 10.2. The van der Waals surface area contributed by atoms with Gasteiger partial charge in [-0.2, -0.15) is 0 Å². The maximum absolute atomic E-state index is 12.1. The Kier molecular flexibility index (Phi) is 3.75. The molecule has 1 aliphatic carbocycles. The van der Waals surface area contributed by atoms with Crippen molar-refractivity contribution in [3.05, 3.63) is 27.1 Å². The highest BCUT2D eigenvalue weighted by molar-refractivity contribution is 9.10. The van der Waals surface area contributed by atoms with Crippen LogP contribution in [0.3, 0.4) is 0 Å². The Bertz CT molecular complexity index is 523. The minimum atomic E-state index is -0.232. The van der Waals surface area contributed by atoms with Crippen LogP contribution in [0.1, 0.15) is 19.8 Å². The van der Waals surface area contributed by atoms with Crippen molar-refractivity contribution in [2.24, 2.45) is 0 Å². The largest absolute Gasteiger partial charge is 0.398 e. The molecule has 1 fully saturated rings. The lowest BCUT2D eigenvalue weighted by atomic mass is 10.4. The van der Waals surface area contributed by atoms with Gasteiger partial charge in [-0.25, -0.2) is 0 Å². The highest BCUT2D eigenvalue weighted by atomic mass is 79.9. The Morgan fingerprint density at radius 2 is 2.28 bits per heavy atom. The molecule has 1 aromatic heterocycles. The first-order valence-electron chi connectivity index (χ1n) is 5.98. The Balaban J connectivity index is 2.18. The molecule has 0 bridgehead atoms. The van der Waals surface area contributed by atoms with E-state index in [0.717, 1.165) is 12.8 Å². The van der Waals surface area contributed by atoms with Crippen LogP contribution in [0.25, 0.3) is 0 Å². The van der Waals surface area contributed by atoms with E-state index in [1.165, 1.54) is 10.8 Å². The Hall–Kier alpha value is -1.30. The van der Waals surface area contributed by atoms with Gasteiger partial charge in [0.25, 0.3) is 5.56 Å². The molecule has 6 heteroatoms. The fourth-order valence-corrected chi connectivity index (χ4v) is 2.49. The summed E-state index contributed by atoms with van der Waals surface area (Å²) in [7, 11) is 0. The summed E-state index contributed by atoms with van der Waals surface area (Å²) in [5, 5.41) is 0. The maximum atomic E-state index is 12.1. The Morgan fingerprint density at radius 3 is 2.83 bits per heavy atom. The third-order valence-corrected chi connectivity index (χ3v) is 3.59. The number of hydrogen-bond donors (Lipinski definition) is 1. The second-order valence-corrected chi connectivity index (χ2v) is 5.32. The van der Waals surface area contributed by atoms with Crippen LogP contribution in [0.2, 0.25) is 0 Å². The number of nitrogens with two attached hydrogens (primary N) is 1. The second-order valence-electron chi connectivity index (χ2n) is 4.47. The quantitative estimate of drug-likeness (QED) is 0.908. The fraction of sp³-hybridized carbons (Fsp3) is 0.500. The van der Waals surface area contributed by atoms with Gasteiger partial charge in [-0.05, 0) is 41.8 Å². The highest BCUT2D eigenvalue weighted by Crippen LogP contribution is 2.26. The van der Waals surface area contributed by atoms with Gasteiger partial charge < -0.3 is 15.2 Å². The summed E-state index contributed by atoms with van der Waals surface area (Å²) in [6.07, 6.45) is 3.63. The summed E-state index contributed by atoms with van der Waals surface area (Å²) in [6, 6.07) is 1.91. The number of pyridine rings is 1. The van der Waals surface area contributed by atoms with Crippen LogP contribution >= 0.6 is 15.9 Å². The van der Waals surface area contributed by atoms with E-state index in [1.54, 1.807) is 6.07 Å². The summed E-state index contributed by atoms with van der Waals surface area (Å²) >= 11 is 3.14. The van der Waals surface area contributed by atoms with Crippen molar-refractivity contribution in [1.82, 2.24) is 9.47 Å². The lowest BCUT2D eigenvalue weighted by molar-refractivity contribution is -0.132. The first-order chi connectivity index (χ1) is 8.52. The average Bonchev–Trinajstić information content (AvgIpc) is 3.10. The predicted molar refractivity (Wildman–Crippen MR) is 73.2 cm³/mol. The maximum Gasteiger partial charge on any atom is 0.265 e. The molecule has 18 heavy (non-hydrogen) atoms. The van der Waals surface area contributed by atoms with Gasteiger partial charge in [0.2, 0.25) is 5.91 Å². The Labute approximate surface area is 114 Å². The number of carbonyl (C=O) groups is 1. The second kappa shape index (κ2) is 5.14. The SMILES string of the molecule is CCN(C(=O)Cn1cc(N)cc(Br)c1=O)C1CC1. The van der Waals surface area contributed by atoms with E-state index in [9.17, 15) is 9.59 Å². The van der Waals surface area contributed by atoms with E-state index in [0.29, 0.717) is 22.7 Å². The van der Waals surface area contributed by atoms with Gasteiger partial charge in [0, 0.05) is 24.5 Å². The van der Waals surface area contributed by atoms with Crippen LogP contribution in [0.4, 0.5) is 5.69 Å². The number of nitrogens with zero attached hydrogens (tertiary/aromatic N) is 2. The van der Waals surface area contributed by atoms with Crippen molar-refractivity contribution < 1.29 is 4.79 Å². The van der Waals surface area contributed by atoms with Crippen LogP contribution in [0, 0.1) is 0 Å². The molecule has 0 unspecified atom stereocenters. The topological polar surface area (TPSA) is 68.3 Å². The molecule has 0 saturated heterocycles. The van der Waals surface area contributed by atoms with E-state index in [1.807, 2.05) is 11.8 Å². The third-order valence-electron chi connectivity index (χ3n) is 3.02. The van der Waals surface area contributed by atoms with E-state index in [-0.39, 0.29) is 18.0 Å². The molecule has 1 heterocycles. The van der Waals surface area contributed by atoms with Crippen molar-refractivity contribution in [2.75, 3.05) is 12.3 Å². The highest BCUT2D eigenvalue weighted by Gasteiger charge is 2.31. The lowest BCUT2D eigenvalue weighted by Crippen LogP contribution is -2.37. The van der Waals surface area contributed by atoms with Crippen LogP contribution in [-0.4, -0.2) is 28.0 Å². The molecule has 5 nitrogen and oxygen atoms in total. The lowest BCUT2D eigenvalue weighted by Gasteiger charge is -2.21. The first-order valence-corrected chi connectivity index (χ1v) is 6.77. The van der Waals surface area contributed by atoms with Crippen molar-refractivity contribution >= 4 is 27.5 Å². The number of hydrogen-bond acceptors (Lipinski definition) is 3. The van der Waals surface area contributed by atoms with Gasteiger partial charge in [0.05, 0.1) is 4.47 Å². The molecule has 0 spiro atoms. The van der Waals surface area contributed by atoms with Crippen molar-refractivity contribution in [1.29, 1.82) is 0 Å². The number of rotatable bonds is 4. The van der Waals surface area contributed by atoms with E-state index in [4.69, 9.17) is 5.73 Å². The van der Waals surface area contributed by atoms with E-state index in [2.05, 4.69) is 15.9 Å². The van der Waals surface area contributed by atoms with E-state index >= 15 is 0 Å². The molecule has 98 valence electrons. The van der Waals surface area contributed by atoms with Gasteiger partial charge in [0.15, 0.2) is 0 Å². The Morgan fingerprint density at radius 1 is 1.61 bits per heavy atom. The summed E-state index contributed by atoms with van der Waals surface area (Å²) in [6.45, 7) is 2.68. The summed E-state index contributed by atoms with van der Waals surface area (Å²) < 4.78 is 1.73. The standard InChI is InChI=1S/C12H16BrN3O2/c1-2-16(9-3-4-9)11(17)7-15-6-8(14)5-10(13)12(15)18/h5-6,9H,2-4,7,14H2,1H3. The number of amides is 1. The van der Waals surface area contributed by atoms with Gasteiger partial charge in [0.1, 0.15) is 6.54 Å². The first kappa shape index (κ1) is 13.1. The molecule has 0 radical (unpaired) electrons. The monoisotopic (exact) mass is 313 g/mol. The third kappa shape index (κ3) is 2.75.